The summed E-state index contributed by atoms with van der Waals surface area (Å²) in [5, 5.41) is 3.97. The second kappa shape index (κ2) is 1.90. The third-order valence-electron chi connectivity index (χ3n) is 0.854. The van der Waals surface area contributed by atoms with Crippen LogP contribution in [0.2, 0.25) is 0 Å². The number of rotatable bonds is 0. The zero-order chi connectivity index (χ0) is 6.15. The van der Waals surface area contributed by atoms with E-state index in [-0.39, 0.29) is 0 Å². The van der Waals surface area contributed by atoms with Crippen molar-refractivity contribution in [3.8, 4) is 0 Å². The average molecular weight is 174 g/mol. The monoisotopic (exact) mass is 173 g/mol. The first-order valence-corrected chi connectivity index (χ1v) is 3.00. The van der Waals surface area contributed by atoms with Crippen LogP contribution in [0.15, 0.2) is 10.7 Å². The number of aromatic nitrogens is 2. The van der Waals surface area contributed by atoms with E-state index in [1.807, 2.05) is 13.2 Å². The normalized spacial score (nSPS) is 9.88. The van der Waals surface area contributed by atoms with Gasteiger partial charge in [-0.3, -0.25) is 4.68 Å². The van der Waals surface area contributed by atoms with Crippen LogP contribution in [0, 0.1) is 6.92 Å². The van der Waals surface area contributed by atoms with Crippen LogP contribution in [0.25, 0.3) is 0 Å². The van der Waals surface area contributed by atoms with Crippen molar-refractivity contribution in [3.63, 3.8) is 0 Å². The molecule has 0 fully saturated rings. The maximum Gasteiger partial charge on any atom is 0.0770 e. The second-order valence-corrected chi connectivity index (χ2v) is 2.45. The van der Waals surface area contributed by atoms with E-state index >= 15 is 0 Å². The lowest BCUT2D eigenvalue weighted by Crippen LogP contribution is -1.86. The fourth-order valence-corrected chi connectivity index (χ4v) is 0.881. The van der Waals surface area contributed by atoms with Crippen molar-refractivity contribution in [1.82, 2.24) is 9.78 Å². The Kier molecular flexibility index (Phi) is 1.38. The molecule has 0 spiro atoms. The van der Waals surface area contributed by atoms with Crippen molar-refractivity contribution in [1.29, 1.82) is 0 Å². The molecule has 0 N–H and O–H groups in total. The highest BCUT2D eigenvalue weighted by molar-refractivity contribution is 9.10. The summed E-state index contributed by atoms with van der Waals surface area (Å²) in [4.78, 5) is 0. The van der Waals surface area contributed by atoms with Crippen LogP contribution in [0.4, 0.5) is 0 Å². The minimum Gasteiger partial charge on any atom is -0.274 e. The molecule has 0 aliphatic carbocycles. The fourth-order valence-electron chi connectivity index (χ4n) is 0.506. The first-order chi connectivity index (χ1) is 3.70. The van der Waals surface area contributed by atoms with E-state index in [9.17, 15) is 0 Å². The molecule has 1 heterocycles. The lowest BCUT2D eigenvalue weighted by atomic mass is 10.5. The van der Waals surface area contributed by atoms with Gasteiger partial charge in [-0.1, -0.05) is 0 Å². The molecule has 0 aliphatic rings. The Morgan fingerprint density at radius 2 is 2.50 bits per heavy atom. The molecule has 1 rings (SSSR count). The summed E-state index contributed by atoms with van der Waals surface area (Å²) >= 11 is 3.27. The Bertz CT molecular complexity index is 173. The van der Waals surface area contributed by atoms with Gasteiger partial charge in [-0.15, -0.1) is 0 Å². The van der Waals surface area contributed by atoms with Gasteiger partial charge in [0, 0.05) is 13.2 Å². The van der Waals surface area contributed by atoms with Gasteiger partial charge in [0.15, 0.2) is 0 Å². The first-order valence-electron chi connectivity index (χ1n) is 2.21. The highest BCUT2D eigenvalue weighted by Crippen LogP contribution is 2.11. The summed E-state index contributed by atoms with van der Waals surface area (Å²) in [5.41, 5.74) is 0.785. The van der Waals surface area contributed by atoms with Gasteiger partial charge in [0.25, 0.3) is 0 Å². The number of hydrogen-bond acceptors (Lipinski definition) is 1. The van der Waals surface area contributed by atoms with Crippen molar-refractivity contribution in [2.75, 3.05) is 0 Å². The molecular formula is C5H6BrN2. The summed E-state index contributed by atoms with van der Waals surface area (Å²) in [5.74, 6) is 0. The van der Waals surface area contributed by atoms with Crippen LogP contribution in [0.5, 0.6) is 0 Å². The summed E-state index contributed by atoms with van der Waals surface area (Å²) in [6.45, 7) is 3.66. The largest absolute Gasteiger partial charge is 0.274 e. The topological polar surface area (TPSA) is 17.8 Å². The predicted molar refractivity (Wildman–Crippen MR) is 35.4 cm³/mol. The predicted octanol–water partition coefficient (Wildman–Crippen LogP) is 1.36. The standard InChI is InChI=1S/C5H6BrN2/c1-4-5(6)3-8(2)7-4/h3H,1H2,2H3. The van der Waals surface area contributed by atoms with Gasteiger partial charge in [0.2, 0.25) is 0 Å². The molecular weight excluding hydrogens is 168 g/mol. The van der Waals surface area contributed by atoms with E-state index in [0.29, 0.717) is 0 Å². The Morgan fingerprint density at radius 3 is 2.62 bits per heavy atom. The van der Waals surface area contributed by atoms with Gasteiger partial charge < -0.3 is 0 Å². The molecule has 8 heavy (non-hydrogen) atoms. The van der Waals surface area contributed by atoms with Crippen molar-refractivity contribution < 1.29 is 0 Å². The molecule has 0 unspecified atom stereocenters. The molecule has 0 atom stereocenters. The molecule has 0 aliphatic heterocycles. The fraction of sp³-hybridized carbons (Fsp3) is 0.200. The van der Waals surface area contributed by atoms with Crippen LogP contribution in [0.3, 0.4) is 0 Å². The Morgan fingerprint density at radius 1 is 1.88 bits per heavy atom. The maximum atomic E-state index is 3.97. The van der Waals surface area contributed by atoms with Crippen LogP contribution in [-0.2, 0) is 7.05 Å². The Labute approximate surface area is 56.6 Å². The van der Waals surface area contributed by atoms with Crippen LogP contribution in [-0.4, -0.2) is 9.78 Å². The molecule has 2 nitrogen and oxygen atoms in total. The smallest absolute Gasteiger partial charge is 0.0770 e. The molecule has 0 aromatic carbocycles. The highest BCUT2D eigenvalue weighted by atomic mass is 79.9. The molecule has 0 saturated carbocycles. The van der Waals surface area contributed by atoms with Crippen LogP contribution in [0.1, 0.15) is 5.69 Å². The Balaban J connectivity index is 3.14. The molecule has 43 valence electrons. The summed E-state index contributed by atoms with van der Waals surface area (Å²) < 4.78 is 2.67. The molecule has 1 aromatic rings. The molecule has 0 amide bonds. The van der Waals surface area contributed by atoms with Gasteiger partial charge in [0.05, 0.1) is 10.2 Å². The van der Waals surface area contributed by atoms with E-state index < -0.39 is 0 Å². The molecule has 0 saturated heterocycles. The van der Waals surface area contributed by atoms with Crippen LogP contribution >= 0.6 is 15.9 Å². The lowest BCUT2D eigenvalue weighted by molar-refractivity contribution is 0.762. The quantitative estimate of drug-likeness (QED) is 0.580. The number of hydrogen-bond donors (Lipinski definition) is 0. The molecule has 3 heteroatoms. The van der Waals surface area contributed by atoms with Crippen molar-refractivity contribution in [3.05, 3.63) is 23.3 Å². The average Bonchev–Trinajstić information content (AvgIpc) is 1.85. The molecule has 1 aromatic heterocycles. The van der Waals surface area contributed by atoms with E-state index in [4.69, 9.17) is 0 Å². The van der Waals surface area contributed by atoms with Gasteiger partial charge in [-0.25, -0.2) is 0 Å². The molecule has 0 bridgehead atoms. The number of halogens is 1. The maximum absolute atomic E-state index is 3.97. The third kappa shape index (κ3) is 0.916. The van der Waals surface area contributed by atoms with E-state index in [2.05, 4.69) is 28.0 Å². The third-order valence-corrected chi connectivity index (χ3v) is 1.52. The highest BCUT2D eigenvalue weighted by Gasteiger charge is 1.95. The second-order valence-electron chi connectivity index (χ2n) is 1.60. The Hall–Kier alpha value is -0.310. The minimum absolute atomic E-state index is 0.785. The van der Waals surface area contributed by atoms with Crippen LogP contribution < -0.4 is 0 Å². The van der Waals surface area contributed by atoms with E-state index in [1.54, 1.807) is 4.68 Å². The van der Waals surface area contributed by atoms with Crippen molar-refractivity contribution >= 4 is 15.9 Å². The van der Waals surface area contributed by atoms with Gasteiger partial charge in [-0.2, -0.15) is 5.10 Å². The zero-order valence-electron chi connectivity index (χ0n) is 4.56. The lowest BCUT2D eigenvalue weighted by Gasteiger charge is -1.79. The summed E-state index contributed by atoms with van der Waals surface area (Å²) in [7, 11) is 1.86. The van der Waals surface area contributed by atoms with Gasteiger partial charge in [0.1, 0.15) is 0 Å². The van der Waals surface area contributed by atoms with E-state index in [0.717, 1.165) is 10.2 Å². The van der Waals surface area contributed by atoms with Crippen molar-refractivity contribution in [2.45, 2.75) is 0 Å². The minimum atomic E-state index is 0.785. The van der Waals surface area contributed by atoms with Gasteiger partial charge >= 0.3 is 0 Å². The first kappa shape index (κ1) is 5.82. The van der Waals surface area contributed by atoms with E-state index in [1.165, 1.54) is 0 Å². The van der Waals surface area contributed by atoms with Crippen molar-refractivity contribution in [2.24, 2.45) is 7.05 Å². The summed E-state index contributed by atoms with van der Waals surface area (Å²) in [6.07, 6.45) is 1.86. The number of nitrogens with zero attached hydrogens (tertiary/aromatic N) is 2. The zero-order valence-corrected chi connectivity index (χ0v) is 6.14. The van der Waals surface area contributed by atoms with Gasteiger partial charge in [-0.05, 0) is 22.9 Å². The molecule has 1 radical (unpaired) electrons. The summed E-state index contributed by atoms with van der Waals surface area (Å²) in [6, 6.07) is 0. The SMILES string of the molecule is [CH2]c1nn(C)cc1Br. The number of aryl methyl sites for hydroxylation is 1.